The Labute approximate surface area is 142 Å². The molecule has 2 aromatic rings. The van der Waals surface area contributed by atoms with Crippen molar-refractivity contribution in [2.75, 3.05) is 11.9 Å². The molecule has 120 valence electrons. The van der Waals surface area contributed by atoms with Gasteiger partial charge in [0, 0.05) is 11.9 Å². The molecule has 0 bridgehead atoms. The van der Waals surface area contributed by atoms with Gasteiger partial charge < -0.3 is 11.1 Å². The van der Waals surface area contributed by atoms with Crippen LogP contribution in [0.15, 0.2) is 36.5 Å². The zero-order chi connectivity index (χ0) is 14.0. The predicted molar refractivity (Wildman–Crippen MR) is 94.8 cm³/mol. The lowest BCUT2D eigenvalue weighted by Crippen LogP contribution is -2.40. The van der Waals surface area contributed by atoms with Gasteiger partial charge in [-0.2, -0.15) is 0 Å². The van der Waals surface area contributed by atoms with E-state index < -0.39 is 0 Å². The highest BCUT2D eigenvalue weighted by Gasteiger charge is 2.39. The summed E-state index contributed by atoms with van der Waals surface area (Å²) in [6.07, 6.45) is 5.65. The first-order valence-electron chi connectivity index (χ1n) is 7.10. The van der Waals surface area contributed by atoms with Gasteiger partial charge in [0.05, 0.1) is 22.8 Å². The van der Waals surface area contributed by atoms with E-state index in [0.717, 1.165) is 42.3 Å². The minimum absolute atomic E-state index is 0. The smallest absolute Gasteiger partial charge is 0.231 e. The van der Waals surface area contributed by atoms with E-state index in [1.54, 1.807) is 6.20 Å². The minimum Gasteiger partial charge on any atom is -0.329 e. The summed E-state index contributed by atoms with van der Waals surface area (Å²) in [5.74, 6) is 0.0366. The third-order valence-electron chi connectivity index (χ3n) is 4.28. The molecular weight excluding hydrogens is 321 g/mol. The molecule has 3 rings (SSSR count). The molecule has 4 nitrogen and oxygen atoms in total. The van der Waals surface area contributed by atoms with E-state index in [4.69, 9.17) is 5.73 Å². The number of pyridine rings is 1. The van der Waals surface area contributed by atoms with Crippen LogP contribution in [0.25, 0.3) is 10.9 Å². The number of para-hydroxylation sites is 1. The van der Waals surface area contributed by atoms with Crippen LogP contribution in [0.5, 0.6) is 0 Å². The highest BCUT2D eigenvalue weighted by molar-refractivity contribution is 5.97. The van der Waals surface area contributed by atoms with Crippen molar-refractivity contribution in [3.8, 4) is 0 Å². The molecule has 0 saturated heterocycles. The average Bonchev–Trinajstić information content (AvgIpc) is 2.97. The number of nitrogens with zero attached hydrogens (tertiary/aromatic N) is 1. The normalized spacial score (nSPS) is 15.7. The van der Waals surface area contributed by atoms with E-state index in [2.05, 4.69) is 10.3 Å². The number of aromatic nitrogens is 1. The van der Waals surface area contributed by atoms with Crippen LogP contribution >= 0.6 is 24.8 Å². The largest absolute Gasteiger partial charge is 0.329 e. The molecule has 1 aliphatic carbocycles. The molecule has 0 spiro atoms. The summed E-state index contributed by atoms with van der Waals surface area (Å²) in [6, 6.07) is 9.83. The number of rotatable bonds is 3. The van der Waals surface area contributed by atoms with Crippen molar-refractivity contribution in [1.82, 2.24) is 4.98 Å². The van der Waals surface area contributed by atoms with Crippen molar-refractivity contribution in [2.24, 2.45) is 11.1 Å². The first-order valence-corrected chi connectivity index (χ1v) is 7.10. The molecule has 0 radical (unpaired) electrons. The molecule has 1 amide bonds. The van der Waals surface area contributed by atoms with Gasteiger partial charge in [-0.3, -0.25) is 9.78 Å². The number of nitrogens with two attached hydrogens (primary N) is 1. The third kappa shape index (κ3) is 3.51. The van der Waals surface area contributed by atoms with Crippen molar-refractivity contribution in [2.45, 2.75) is 25.7 Å². The van der Waals surface area contributed by atoms with Crippen molar-refractivity contribution >= 4 is 47.3 Å². The molecule has 1 aliphatic rings. The third-order valence-corrected chi connectivity index (χ3v) is 4.28. The highest BCUT2D eigenvalue weighted by atomic mass is 35.5. The molecule has 1 saturated carbocycles. The Morgan fingerprint density at radius 2 is 1.91 bits per heavy atom. The Bertz CT molecular complexity index is 642. The van der Waals surface area contributed by atoms with Gasteiger partial charge in [0.2, 0.25) is 5.91 Å². The van der Waals surface area contributed by atoms with Crippen LogP contribution in [0.1, 0.15) is 25.7 Å². The number of nitrogens with one attached hydrogen (secondary N) is 1. The summed E-state index contributed by atoms with van der Waals surface area (Å²) in [5.41, 5.74) is 7.13. The Morgan fingerprint density at radius 3 is 2.59 bits per heavy atom. The topological polar surface area (TPSA) is 68.0 Å². The van der Waals surface area contributed by atoms with E-state index in [1.165, 1.54) is 0 Å². The van der Waals surface area contributed by atoms with Gasteiger partial charge in [0.15, 0.2) is 0 Å². The van der Waals surface area contributed by atoms with E-state index in [-0.39, 0.29) is 36.1 Å². The summed E-state index contributed by atoms with van der Waals surface area (Å²) in [7, 11) is 0. The second-order valence-electron chi connectivity index (χ2n) is 5.56. The van der Waals surface area contributed by atoms with Gasteiger partial charge in [-0.25, -0.2) is 0 Å². The monoisotopic (exact) mass is 341 g/mol. The lowest BCUT2D eigenvalue weighted by molar-refractivity contribution is -0.124. The second-order valence-corrected chi connectivity index (χ2v) is 5.56. The SMILES string of the molecule is Cl.Cl.NCC1(C(=O)Nc2cnc3ccccc3c2)CCCC1. The van der Waals surface area contributed by atoms with E-state index >= 15 is 0 Å². The van der Waals surface area contributed by atoms with Gasteiger partial charge in [-0.15, -0.1) is 24.8 Å². The van der Waals surface area contributed by atoms with Crippen molar-refractivity contribution in [3.63, 3.8) is 0 Å². The number of fused-ring (bicyclic) bond motifs is 1. The number of carbonyl (C=O) groups is 1. The van der Waals surface area contributed by atoms with Gasteiger partial charge in [-0.05, 0) is 25.0 Å². The van der Waals surface area contributed by atoms with E-state index in [9.17, 15) is 4.79 Å². The maximum Gasteiger partial charge on any atom is 0.231 e. The summed E-state index contributed by atoms with van der Waals surface area (Å²) in [4.78, 5) is 16.8. The lowest BCUT2D eigenvalue weighted by Gasteiger charge is -2.25. The van der Waals surface area contributed by atoms with E-state index in [0.29, 0.717) is 6.54 Å². The van der Waals surface area contributed by atoms with Crippen LogP contribution in [0.2, 0.25) is 0 Å². The van der Waals surface area contributed by atoms with Crippen LogP contribution in [-0.4, -0.2) is 17.4 Å². The quantitative estimate of drug-likeness (QED) is 0.897. The Hall–Kier alpha value is -1.36. The fraction of sp³-hybridized carbons (Fsp3) is 0.375. The van der Waals surface area contributed by atoms with Gasteiger partial charge in [0.25, 0.3) is 0 Å². The first-order chi connectivity index (χ1) is 9.73. The second kappa shape index (κ2) is 7.77. The summed E-state index contributed by atoms with van der Waals surface area (Å²) < 4.78 is 0. The lowest BCUT2D eigenvalue weighted by atomic mass is 9.85. The van der Waals surface area contributed by atoms with Gasteiger partial charge in [-0.1, -0.05) is 31.0 Å². The molecule has 22 heavy (non-hydrogen) atoms. The predicted octanol–water partition coefficient (Wildman–Crippen LogP) is 3.54. The molecule has 0 atom stereocenters. The molecule has 1 fully saturated rings. The Morgan fingerprint density at radius 1 is 1.23 bits per heavy atom. The van der Waals surface area contributed by atoms with Gasteiger partial charge in [0.1, 0.15) is 0 Å². The standard InChI is InChI=1S/C16H19N3O.2ClH/c17-11-16(7-3-4-8-16)15(20)19-13-9-12-5-1-2-6-14(12)18-10-13;;/h1-2,5-6,9-10H,3-4,7-8,11,17H2,(H,19,20);2*1H. The van der Waals surface area contributed by atoms with Crippen LogP contribution in [-0.2, 0) is 4.79 Å². The van der Waals surface area contributed by atoms with Crippen LogP contribution < -0.4 is 11.1 Å². The zero-order valence-electron chi connectivity index (χ0n) is 12.2. The van der Waals surface area contributed by atoms with Crippen LogP contribution in [0.3, 0.4) is 0 Å². The Kier molecular flexibility index (Phi) is 6.60. The minimum atomic E-state index is -0.383. The summed E-state index contributed by atoms with van der Waals surface area (Å²) in [5, 5.41) is 4.01. The van der Waals surface area contributed by atoms with Crippen LogP contribution in [0.4, 0.5) is 5.69 Å². The molecular formula is C16H21Cl2N3O. The molecule has 0 unspecified atom stereocenters. The maximum atomic E-state index is 12.5. The summed E-state index contributed by atoms with van der Waals surface area (Å²) in [6.45, 7) is 0.417. The fourth-order valence-electron chi connectivity index (χ4n) is 2.98. The number of benzene rings is 1. The number of hydrogen-bond acceptors (Lipinski definition) is 3. The highest BCUT2D eigenvalue weighted by Crippen LogP contribution is 2.38. The zero-order valence-corrected chi connectivity index (χ0v) is 13.9. The number of amides is 1. The number of anilines is 1. The first kappa shape index (κ1) is 18.7. The van der Waals surface area contributed by atoms with E-state index in [1.807, 2.05) is 30.3 Å². The number of halogens is 2. The molecule has 6 heteroatoms. The summed E-state index contributed by atoms with van der Waals surface area (Å²) >= 11 is 0. The average molecular weight is 342 g/mol. The molecule has 1 aromatic heterocycles. The molecule has 1 heterocycles. The molecule has 0 aliphatic heterocycles. The van der Waals surface area contributed by atoms with Crippen LogP contribution in [0, 0.1) is 5.41 Å². The maximum absolute atomic E-state index is 12.5. The molecule has 3 N–H and O–H groups in total. The molecule has 1 aromatic carbocycles. The van der Waals surface area contributed by atoms with Gasteiger partial charge >= 0.3 is 0 Å². The van der Waals surface area contributed by atoms with Crippen molar-refractivity contribution in [3.05, 3.63) is 36.5 Å². The van der Waals surface area contributed by atoms with Crippen molar-refractivity contribution in [1.29, 1.82) is 0 Å². The van der Waals surface area contributed by atoms with Crippen molar-refractivity contribution < 1.29 is 4.79 Å². The Balaban J connectivity index is 0.00000121. The number of hydrogen-bond donors (Lipinski definition) is 2. The number of carbonyl (C=O) groups excluding carboxylic acids is 1. The fourth-order valence-corrected chi connectivity index (χ4v) is 2.98.